The Balaban J connectivity index is 2.43. The molecule has 0 N–H and O–H groups in total. The van der Waals surface area contributed by atoms with Gasteiger partial charge in [-0.05, 0) is 31.6 Å². The van der Waals surface area contributed by atoms with Crippen molar-refractivity contribution in [2.75, 3.05) is 12.9 Å². The molecule has 0 spiro atoms. The van der Waals surface area contributed by atoms with E-state index >= 15 is 0 Å². The number of halogens is 1. The van der Waals surface area contributed by atoms with Crippen molar-refractivity contribution in [1.29, 1.82) is 0 Å². The zero-order chi connectivity index (χ0) is 12.1. The molecular formula is C13H24ClNO. The lowest BCUT2D eigenvalue weighted by molar-refractivity contribution is -0.135. The number of nitrogens with zero attached hydrogens (tertiary/aromatic N) is 1. The molecule has 1 amide bonds. The van der Waals surface area contributed by atoms with E-state index in [0.717, 1.165) is 18.8 Å². The van der Waals surface area contributed by atoms with Gasteiger partial charge in [0.25, 0.3) is 0 Å². The predicted octanol–water partition coefficient (Wildman–Crippen LogP) is 3.29. The number of carbonyl (C=O) groups is 1. The highest BCUT2D eigenvalue weighted by Crippen LogP contribution is 2.29. The van der Waals surface area contributed by atoms with Gasteiger partial charge in [-0.3, -0.25) is 4.79 Å². The van der Waals surface area contributed by atoms with E-state index in [-0.39, 0.29) is 11.8 Å². The highest BCUT2D eigenvalue weighted by atomic mass is 35.5. The van der Waals surface area contributed by atoms with Gasteiger partial charge in [0.05, 0.1) is 0 Å². The molecular weight excluding hydrogens is 222 g/mol. The van der Waals surface area contributed by atoms with Crippen LogP contribution < -0.4 is 0 Å². The van der Waals surface area contributed by atoms with Crippen LogP contribution in [0.5, 0.6) is 0 Å². The van der Waals surface area contributed by atoms with E-state index in [1.807, 2.05) is 18.9 Å². The van der Waals surface area contributed by atoms with Crippen LogP contribution in [0, 0.1) is 11.8 Å². The minimum absolute atomic E-state index is 0.0458. The van der Waals surface area contributed by atoms with Gasteiger partial charge in [0.15, 0.2) is 0 Å². The summed E-state index contributed by atoms with van der Waals surface area (Å²) in [7, 11) is 1.93. The highest BCUT2D eigenvalue weighted by molar-refractivity contribution is 6.19. The summed E-state index contributed by atoms with van der Waals surface area (Å²) >= 11 is 5.73. The van der Waals surface area contributed by atoms with E-state index in [4.69, 9.17) is 11.6 Å². The zero-order valence-corrected chi connectivity index (χ0v) is 11.5. The van der Waals surface area contributed by atoms with E-state index in [9.17, 15) is 4.79 Å². The van der Waals surface area contributed by atoms with Gasteiger partial charge in [-0.25, -0.2) is 0 Å². The second-order valence-electron chi connectivity index (χ2n) is 5.09. The fourth-order valence-electron chi connectivity index (χ4n) is 2.53. The van der Waals surface area contributed by atoms with Gasteiger partial charge in [-0.15, -0.1) is 11.6 Å². The van der Waals surface area contributed by atoms with Gasteiger partial charge in [0.1, 0.15) is 0 Å². The Morgan fingerprint density at radius 2 is 1.94 bits per heavy atom. The molecule has 0 aromatic heterocycles. The first-order chi connectivity index (χ1) is 7.60. The fraction of sp³-hybridized carbons (Fsp3) is 0.923. The Labute approximate surface area is 104 Å². The van der Waals surface area contributed by atoms with Crippen LogP contribution in [-0.4, -0.2) is 29.8 Å². The maximum absolute atomic E-state index is 12.0. The van der Waals surface area contributed by atoms with Crippen LogP contribution >= 0.6 is 11.6 Å². The molecule has 0 saturated heterocycles. The van der Waals surface area contributed by atoms with E-state index in [2.05, 4.69) is 6.92 Å². The first kappa shape index (κ1) is 13.8. The lowest BCUT2D eigenvalue weighted by Gasteiger charge is -2.35. The van der Waals surface area contributed by atoms with Crippen molar-refractivity contribution in [1.82, 2.24) is 4.90 Å². The molecule has 1 saturated carbocycles. The Morgan fingerprint density at radius 3 is 2.38 bits per heavy atom. The fourth-order valence-corrected chi connectivity index (χ4v) is 2.67. The highest BCUT2D eigenvalue weighted by Gasteiger charge is 2.27. The summed E-state index contributed by atoms with van der Waals surface area (Å²) in [6, 6.07) is 0.445. The summed E-state index contributed by atoms with van der Waals surface area (Å²) < 4.78 is 0. The molecule has 0 heterocycles. The van der Waals surface area contributed by atoms with Crippen molar-refractivity contribution in [3.8, 4) is 0 Å². The molecule has 0 aliphatic heterocycles. The number of carbonyl (C=O) groups excluding carboxylic acids is 1. The molecule has 1 atom stereocenters. The van der Waals surface area contributed by atoms with Crippen molar-refractivity contribution in [2.45, 2.75) is 52.0 Å². The molecule has 94 valence electrons. The molecule has 1 rings (SSSR count). The van der Waals surface area contributed by atoms with E-state index in [1.54, 1.807) is 0 Å². The third-order valence-corrected chi connectivity index (χ3v) is 4.40. The van der Waals surface area contributed by atoms with Crippen molar-refractivity contribution in [3.05, 3.63) is 0 Å². The lowest BCUT2D eigenvalue weighted by Crippen LogP contribution is -2.42. The van der Waals surface area contributed by atoms with Gasteiger partial charge >= 0.3 is 0 Å². The average molecular weight is 246 g/mol. The van der Waals surface area contributed by atoms with Crippen molar-refractivity contribution in [2.24, 2.45) is 11.8 Å². The monoisotopic (exact) mass is 245 g/mol. The van der Waals surface area contributed by atoms with Crippen LogP contribution in [0.3, 0.4) is 0 Å². The van der Waals surface area contributed by atoms with E-state index in [1.165, 1.54) is 19.3 Å². The normalized spacial score (nSPS) is 27.5. The summed E-state index contributed by atoms with van der Waals surface area (Å²) in [5.74, 6) is 1.46. The molecule has 1 aliphatic rings. The second-order valence-corrected chi connectivity index (χ2v) is 5.40. The van der Waals surface area contributed by atoms with Gasteiger partial charge in [-0.2, -0.15) is 0 Å². The molecule has 1 fully saturated rings. The first-order valence-electron chi connectivity index (χ1n) is 6.42. The quantitative estimate of drug-likeness (QED) is 0.696. The number of amides is 1. The Hall–Kier alpha value is -0.240. The Morgan fingerprint density at radius 1 is 1.38 bits per heavy atom. The summed E-state index contributed by atoms with van der Waals surface area (Å²) in [5.41, 5.74) is 0. The topological polar surface area (TPSA) is 20.3 Å². The molecule has 0 aromatic carbocycles. The van der Waals surface area contributed by atoms with Gasteiger partial charge in [0.2, 0.25) is 5.91 Å². The van der Waals surface area contributed by atoms with Crippen molar-refractivity contribution in [3.63, 3.8) is 0 Å². The summed E-state index contributed by atoms with van der Waals surface area (Å²) in [6.45, 7) is 4.17. The molecule has 1 aliphatic carbocycles. The molecule has 0 aromatic rings. The summed E-state index contributed by atoms with van der Waals surface area (Å²) in [5, 5.41) is 0. The van der Waals surface area contributed by atoms with Crippen LogP contribution in [0.15, 0.2) is 0 Å². The smallest absolute Gasteiger partial charge is 0.226 e. The van der Waals surface area contributed by atoms with Gasteiger partial charge in [-0.1, -0.05) is 20.3 Å². The van der Waals surface area contributed by atoms with Gasteiger partial charge < -0.3 is 4.90 Å². The maximum atomic E-state index is 12.0. The molecule has 2 nitrogen and oxygen atoms in total. The summed E-state index contributed by atoms with van der Waals surface area (Å²) in [4.78, 5) is 13.9. The predicted molar refractivity (Wildman–Crippen MR) is 68.7 cm³/mol. The van der Waals surface area contributed by atoms with Crippen LogP contribution in [0.2, 0.25) is 0 Å². The lowest BCUT2D eigenvalue weighted by atomic mass is 9.84. The molecule has 0 radical (unpaired) electrons. The van der Waals surface area contributed by atoms with E-state index < -0.39 is 0 Å². The number of alkyl halides is 1. The zero-order valence-electron chi connectivity index (χ0n) is 10.7. The van der Waals surface area contributed by atoms with Crippen molar-refractivity contribution < 1.29 is 4.79 Å². The first-order valence-corrected chi connectivity index (χ1v) is 6.96. The standard InChI is InChI=1S/C13H24ClNO/c1-4-11-5-7-12(8-6-11)15(3)13(16)10(2)9-14/h10-12H,4-9H2,1-3H3. The molecule has 3 heteroatoms. The van der Waals surface area contributed by atoms with Crippen LogP contribution in [0.1, 0.15) is 46.0 Å². The third-order valence-electron chi connectivity index (χ3n) is 3.94. The third kappa shape index (κ3) is 3.38. The largest absolute Gasteiger partial charge is 0.343 e. The van der Waals surface area contributed by atoms with Crippen LogP contribution in [0.4, 0.5) is 0 Å². The number of hydrogen-bond acceptors (Lipinski definition) is 1. The molecule has 1 unspecified atom stereocenters. The average Bonchev–Trinajstić information content (AvgIpc) is 2.36. The molecule has 0 bridgehead atoms. The van der Waals surface area contributed by atoms with Crippen molar-refractivity contribution >= 4 is 17.5 Å². The van der Waals surface area contributed by atoms with Crippen LogP contribution in [0.25, 0.3) is 0 Å². The SMILES string of the molecule is CCC1CCC(N(C)C(=O)C(C)CCl)CC1. The van der Waals surface area contributed by atoms with Gasteiger partial charge in [0, 0.05) is 24.9 Å². The number of rotatable bonds is 4. The minimum Gasteiger partial charge on any atom is -0.343 e. The minimum atomic E-state index is -0.0458. The Kier molecular flexibility index (Phi) is 5.60. The Bertz CT molecular complexity index is 224. The van der Waals surface area contributed by atoms with E-state index in [0.29, 0.717) is 11.9 Å². The maximum Gasteiger partial charge on any atom is 0.226 e. The second kappa shape index (κ2) is 6.48. The molecule has 16 heavy (non-hydrogen) atoms. The number of hydrogen-bond donors (Lipinski definition) is 0. The summed E-state index contributed by atoms with van der Waals surface area (Å²) in [6.07, 6.45) is 6.15. The van der Waals surface area contributed by atoms with Crippen LogP contribution in [-0.2, 0) is 4.79 Å².